The number of pyridine rings is 2. The molecule has 2 aromatic rings. The maximum absolute atomic E-state index is 11.3. The van der Waals surface area contributed by atoms with E-state index in [1.165, 1.54) is 12.3 Å². The SMILES string of the molecule is CN(c1ccc([N+](=O)[O-])c(Nc2ccc(C#N)cn2)n1)C1CCOCC1. The Hall–Kier alpha value is -3.25. The molecule has 1 saturated heterocycles. The summed E-state index contributed by atoms with van der Waals surface area (Å²) in [6, 6.07) is 8.50. The predicted molar refractivity (Wildman–Crippen MR) is 95.4 cm³/mol. The van der Waals surface area contributed by atoms with Gasteiger partial charge in [0.1, 0.15) is 17.7 Å². The number of rotatable bonds is 5. The van der Waals surface area contributed by atoms with Gasteiger partial charge in [-0.25, -0.2) is 9.97 Å². The number of anilines is 3. The highest BCUT2D eigenvalue weighted by Crippen LogP contribution is 2.29. The Labute approximate surface area is 150 Å². The van der Waals surface area contributed by atoms with Gasteiger partial charge >= 0.3 is 5.69 Å². The summed E-state index contributed by atoms with van der Waals surface area (Å²) < 4.78 is 5.38. The van der Waals surface area contributed by atoms with Crippen molar-refractivity contribution in [3.05, 3.63) is 46.1 Å². The number of hydrogen-bond acceptors (Lipinski definition) is 8. The molecular weight excluding hydrogens is 336 g/mol. The molecule has 3 heterocycles. The van der Waals surface area contributed by atoms with Gasteiger partial charge in [-0.1, -0.05) is 0 Å². The number of nitrogens with zero attached hydrogens (tertiary/aromatic N) is 5. The molecule has 0 bridgehead atoms. The van der Waals surface area contributed by atoms with Crippen molar-refractivity contribution in [1.82, 2.24) is 9.97 Å². The maximum Gasteiger partial charge on any atom is 0.311 e. The van der Waals surface area contributed by atoms with Gasteiger partial charge in [0.25, 0.3) is 0 Å². The summed E-state index contributed by atoms with van der Waals surface area (Å²) in [5.74, 6) is 1.13. The molecule has 0 aromatic carbocycles. The quantitative estimate of drug-likeness (QED) is 0.643. The van der Waals surface area contributed by atoms with Crippen LogP contribution in [0.4, 0.5) is 23.1 Å². The average molecular weight is 354 g/mol. The third-order valence-corrected chi connectivity index (χ3v) is 4.29. The van der Waals surface area contributed by atoms with Gasteiger partial charge in [-0.2, -0.15) is 5.26 Å². The van der Waals surface area contributed by atoms with Crippen molar-refractivity contribution in [3.63, 3.8) is 0 Å². The molecule has 0 radical (unpaired) electrons. The lowest BCUT2D eigenvalue weighted by molar-refractivity contribution is -0.384. The molecule has 0 saturated carbocycles. The summed E-state index contributed by atoms with van der Waals surface area (Å²) >= 11 is 0. The van der Waals surface area contributed by atoms with Crippen molar-refractivity contribution in [2.24, 2.45) is 0 Å². The lowest BCUT2D eigenvalue weighted by Gasteiger charge is -2.32. The smallest absolute Gasteiger partial charge is 0.311 e. The third kappa shape index (κ3) is 3.87. The fourth-order valence-electron chi connectivity index (χ4n) is 2.79. The second-order valence-corrected chi connectivity index (χ2v) is 5.92. The highest BCUT2D eigenvalue weighted by molar-refractivity contribution is 5.66. The first-order valence-corrected chi connectivity index (χ1v) is 8.17. The monoisotopic (exact) mass is 354 g/mol. The summed E-state index contributed by atoms with van der Waals surface area (Å²) in [6.45, 7) is 1.39. The molecule has 0 amide bonds. The first kappa shape index (κ1) is 17.6. The summed E-state index contributed by atoms with van der Waals surface area (Å²) in [6.07, 6.45) is 3.16. The molecule has 0 atom stereocenters. The van der Waals surface area contributed by atoms with Crippen LogP contribution in [0.2, 0.25) is 0 Å². The summed E-state index contributed by atoms with van der Waals surface area (Å²) in [5, 5.41) is 23.0. The minimum atomic E-state index is -0.489. The zero-order valence-corrected chi connectivity index (χ0v) is 14.3. The number of aromatic nitrogens is 2. The van der Waals surface area contributed by atoms with Crippen LogP contribution in [-0.4, -0.2) is 41.2 Å². The molecule has 0 unspecified atom stereocenters. The van der Waals surface area contributed by atoms with E-state index < -0.39 is 4.92 Å². The molecule has 0 spiro atoms. The normalized spacial score (nSPS) is 14.5. The van der Waals surface area contributed by atoms with Gasteiger partial charge in [-0.15, -0.1) is 0 Å². The Balaban J connectivity index is 1.88. The molecule has 3 rings (SSSR count). The number of nitro groups is 1. The lowest BCUT2D eigenvalue weighted by atomic mass is 10.1. The lowest BCUT2D eigenvalue weighted by Crippen LogP contribution is -2.37. The van der Waals surface area contributed by atoms with Crippen molar-refractivity contribution in [2.45, 2.75) is 18.9 Å². The molecule has 9 heteroatoms. The van der Waals surface area contributed by atoms with E-state index in [4.69, 9.17) is 10.00 Å². The van der Waals surface area contributed by atoms with Crippen LogP contribution in [0.25, 0.3) is 0 Å². The summed E-state index contributed by atoms with van der Waals surface area (Å²) in [4.78, 5) is 21.4. The molecule has 2 aromatic heterocycles. The number of nitrogens with one attached hydrogen (secondary N) is 1. The molecule has 1 fully saturated rings. The minimum Gasteiger partial charge on any atom is -0.381 e. The second kappa shape index (κ2) is 7.76. The van der Waals surface area contributed by atoms with Crippen LogP contribution in [-0.2, 0) is 4.74 Å². The Bertz CT molecular complexity index is 827. The second-order valence-electron chi connectivity index (χ2n) is 5.92. The zero-order valence-electron chi connectivity index (χ0n) is 14.3. The van der Waals surface area contributed by atoms with Crippen LogP contribution in [0, 0.1) is 21.4 Å². The van der Waals surface area contributed by atoms with Crippen LogP contribution in [0.3, 0.4) is 0 Å². The van der Waals surface area contributed by atoms with Crippen LogP contribution < -0.4 is 10.2 Å². The molecule has 134 valence electrons. The highest BCUT2D eigenvalue weighted by atomic mass is 16.6. The topological polar surface area (TPSA) is 117 Å². The molecule has 1 aliphatic heterocycles. The van der Waals surface area contributed by atoms with Crippen molar-refractivity contribution < 1.29 is 9.66 Å². The summed E-state index contributed by atoms with van der Waals surface area (Å²) in [7, 11) is 1.92. The Kier molecular flexibility index (Phi) is 5.24. The van der Waals surface area contributed by atoms with Crippen LogP contribution in [0.1, 0.15) is 18.4 Å². The molecular formula is C17H18N6O3. The van der Waals surface area contributed by atoms with Gasteiger partial charge in [0, 0.05) is 38.6 Å². The predicted octanol–water partition coefficient (Wildman–Crippen LogP) is 2.62. The van der Waals surface area contributed by atoms with Crippen LogP contribution >= 0.6 is 0 Å². The first-order chi connectivity index (χ1) is 12.6. The number of hydrogen-bond donors (Lipinski definition) is 1. The molecule has 9 nitrogen and oxygen atoms in total. The number of ether oxygens (including phenoxy) is 1. The van der Waals surface area contributed by atoms with E-state index in [9.17, 15) is 10.1 Å². The van der Waals surface area contributed by atoms with Crippen LogP contribution in [0.5, 0.6) is 0 Å². The standard InChI is InChI=1S/C17H18N6O3/c1-22(13-6-8-26-9-7-13)16-5-3-14(23(24)25)17(21-16)20-15-4-2-12(10-18)11-19-15/h2-5,11,13H,6-9H2,1H3,(H,19,20,21). The molecule has 1 N–H and O–H groups in total. The van der Waals surface area contributed by atoms with E-state index in [0.29, 0.717) is 30.4 Å². The van der Waals surface area contributed by atoms with E-state index in [-0.39, 0.29) is 17.5 Å². The van der Waals surface area contributed by atoms with E-state index in [0.717, 1.165) is 12.8 Å². The third-order valence-electron chi connectivity index (χ3n) is 4.29. The highest BCUT2D eigenvalue weighted by Gasteiger charge is 2.23. The van der Waals surface area contributed by atoms with Crippen molar-refractivity contribution >= 4 is 23.1 Å². The largest absolute Gasteiger partial charge is 0.381 e. The Morgan fingerprint density at radius 2 is 2.12 bits per heavy atom. The molecule has 26 heavy (non-hydrogen) atoms. The molecule has 1 aliphatic rings. The van der Waals surface area contributed by atoms with E-state index in [1.54, 1.807) is 18.2 Å². The van der Waals surface area contributed by atoms with Gasteiger partial charge in [-0.3, -0.25) is 10.1 Å². The van der Waals surface area contributed by atoms with Gasteiger partial charge < -0.3 is 15.0 Å². The Morgan fingerprint density at radius 3 is 2.73 bits per heavy atom. The van der Waals surface area contributed by atoms with Gasteiger partial charge in [0.15, 0.2) is 0 Å². The average Bonchev–Trinajstić information content (AvgIpc) is 2.68. The summed E-state index contributed by atoms with van der Waals surface area (Å²) in [5.41, 5.74) is 0.270. The zero-order chi connectivity index (χ0) is 18.5. The first-order valence-electron chi connectivity index (χ1n) is 8.17. The van der Waals surface area contributed by atoms with Crippen molar-refractivity contribution in [3.8, 4) is 6.07 Å². The van der Waals surface area contributed by atoms with Gasteiger partial charge in [-0.05, 0) is 31.0 Å². The van der Waals surface area contributed by atoms with E-state index in [2.05, 4.69) is 15.3 Å². The van der Waals surface area contributed by atoms with Gasteiger partial charge in [0.2, 0.25) is 5.82 Å². The molecule has 0 aliphatic carbocycles. The van der Waals surface area contributed by atoms with Gasteiger partial charge in [0.05, 0.1) is 10.5 Å². The van der Waals surface area contributed by atoms with Crippen LogP contribution in [0.15, 0.2) is 30.5 Å². The van der Waals surface area contributed by atoms with E-state index >= 15 is 0 Å². The van der Waals surface area contributed by atoms with Crippen molar-refractivity contribution in [1.29, 1.82) is 5.26 Å². The fourth-order valence-corrected chi connectivity index (χ4v) is 2.79. The fraction of sp³-hybridized carbons (Fsp3) is 0.353. The van der Waals surface area contributed by atoms with Crippen molar-refractivity contribution in [2.75, 3.05) is 30.5 Å². The maximum atomic E-state index is 11.3. The Morgan fingerprint density at radius 1 is 1.35 bits per heavy atom. The minimum absolute atomic E-state index is 0.114. The number of nitriles is 1. The van der Waals surface area contributed by atoms with E-state index in [1.807, 2.05) is 18.0 Å².